The molecule has 0 heterocycles. The number of hydrogen-bond acceptors (Lipinski definition) is 0. The van der Waals surface area contributed by atoms with Crippen molar-refractivity contribution in [1.29, 1.82) is 0 Å². The van der Waals surface area contributed by atoms with Crippen LogP contribution in [0.2, 0.25) is 0 Å². The Morgan fingerprint density at radius 3 is 2.62 bits per heavy atom. The van der Waals surface area contributed by atoms with Crippen LogP contribution in [0.3, 0.4) is 0 Å². The molecule has 44 valence electrons. The average Bonchev–Trinajstić information content (AvgIpc) is 2.45. The van der Waals surface area contributed by atoms with Crippen LogP contribution in [0.4, 0.5) is 0 Å². The van der Waals surface area contributed by atoms with Crippen LogP contribution in [-0.2, 0) is 0 Å². The van der Waals surface area contributed by atoms with Crippen molar-refractivity contribution in [3.8, 4) is 0 Å². The highest BCUT2D eigenvalue weighted by Gasteiger charge is 2.37. The summed E-state index contributed by atoms with van der Waals surface area (Å²) in [7, 11) is 0. The van der Waals surface area contributed by atoms with E-state index in [1.165, 1.54) is 12.8 Å². The van der Waals surface area contributed by atoms with Crippen LogP contribution in [0, 0.1) is 12.0 Å². The molecule has 1 heteroatoms. The van der Waals surface area contributed by atoms with E-state index in [9.17, 15) is 0 Å². The molecule has 1 saturated carbocycles. The Morgan fingerprint density at radius 1 is 1.62 bits per heavy atom. The molecule has 0 aliphatic heterocycles. The molecule has 0 aromatic carbocycles. The van der Waals surface area contributed by atoms with Gasteiger partial charge in [0.15, 0.2) is 0 Å². The van der Waals surface area contributed by atoms with Gasteiger partial charge in [-0.1, -0.05) is 6.92 Å². The van der Waals surface area contributed by atoms with Crippen LogP contribution in [0.5, 0.6) is 0 Å². The Morgan fingerprint density at radius 2 is 2.25 bits per heavy atom. The molecule has 1 rings (SSSR count). The molecule has 1 aliphatic carbocycles. The van der Waals surface area contributed by atoms with Gasteiger partial charge in [-0.15, -0.1) is 0 Å². The zero-order valence-electron chi connectivity index (χ0n) is 5.28. The summed E-state index contributed by atoms with van der Waals surface area (Å²) in [6.07, 6.45) is 3.82. The van der Waals surface area contributed by atoms with Gasteiger partial charge in [0.2, 0.25) is 6.54 Å². The van der Waals surface area contributed by atoms with Crippen molar-refractivity contribution in [1.82, 2.24) is 0 Å². The van der Waals surface area contributed by atoms with E-state index in [0.717, 1.165) is 13.0 Å². The van der Waals surface area contributed by atoms with Gasteiger partial charge in [-0.25, -0.2) is 6.57 Å². The SMILES string of the molecule is [C-]#[N+]CCC1(C)CC1. The zero-order chi connectivity index (χ0) is 6.04. The lowest BCUT2D eigenvalue weighted by atomic mass is 10.1. The third kappa shape index (κ3) is 1.23. The van der Waals surface area contributed by atoms with Gasteiger partial charge in [-0.05, 0) is 18.3 Å². The Labute approximate surface area is 50.5 Å². The minimum absolute atomic E-state index is 0.588. The molecular formula is C7H11N. The Hall–Kier alpha value is -0.510. The van der Waals surface area contributed by atoms with Crippen LogP contribution in [0.25, 0.3) is 4.85 Å². The lowest BCUT2D eigenvalue weighted by Crippen LogP contribution is -1.93. The summed E-state index contributed by atoms with van der Waals surface area (Å²) in [6.45, 7) is 9.53. The summed E-state index contributed by atoms with van der Waals surface area (Å²) >= 11 is 0. The topological polar surface area (TPSA) is 4.36 Å². The van der Waals surface area contributed by atoms with Crippen LogP contribution in [0.1, 0.15) is 26.2 Å². The van der Waals surface area contributed by atoms with Crippen molar-refractivity contribution in [2.24, 2.45) is 5.41 Å². The summed E-state index contributed by atoms with van der Waals surface area (Å²) in [4.78, 5) is 3.31. The molecule has 0 atom stereocenters. The number of hydrogen-bond donors (Lipinski definition) is 0. The standard InChI is InChI=1S/C7H11N/c1-7(3-4-7)5-6-8-2/h3-6H2,1H3. The molecule has 8 heavy (non-hydrogen) atoms. The minimum atomic E-state index is 0.588. The van der Waals surface area contributed by atoms with E-state index in [2.05, 4.69) is 11.8 Å². The normalized spacial score (nSPS) is 22.0. The molecular weight excluding hydrogens is 98.1 g/mol. The zero-order valence-corrected chi connectivity index (χ0v) is 5.28. The Balaban J connectivity index is 2.12. The Kier molecular flexibility index (Phi) is 1.25. The molecule has 0 aromatic rings. The molecule has 1 aliphatic rings. The summed E-state index contributed by atoms with van der Waals surface area (Å²) in [5.41, 5.74) is 0.588. The van der Waals surface area contributed by atoms with Gasteiger partial charge < -0.3 is 4.85 Å². The van der Waals surface area contributed by atoms with Gasteiger partial charge in [0.1, 0.15) is 0 Å². The molecule has 1 nitrogen and oxygen atoms in total. The molecule has 0 aromatic heterocycles. The summed E-state index contributed by atoms with van der Waals surface area (Å²) in [5.74, 6) is 0. The lowest BCUT2D eigenvalue weighted by molar-refractivity contribution is 0.543. The fourth-order valence-corrected chi connectivity index (χ4v) is 0.789. The third-order valence-electron chi connectivity index (χ3n) is 1.93. The van der Waals surface area contributed by atoms with Gasteiger partial charge >= 0.3 is 0 Å². The fraction of sp³-hybridized carbons (Fsp3) is 0.857. The van der Waals surface area contributed by atoms with Crippen molar-refractivity contribution in [3.05, 3.63) is 11.4 Å². The second kappa shape index (κ2) is 1.78. The molecule has 0 unspecified atom stereocenters. The largest absolute Gasteiger partial charge is 0.317 e. The van der Waals surface area contributed by atoms with Crippen molar-refractivity contribution in [3.63, 3.8) is 0 Å². The summed E-state index contributed by atoms with van der Waals surface area (Å²) in [6, 6.07) is 0. The molecule has 0 saturated heterocycles. The Bertz CT molecular complexity index is 117. The van der Waals surface area contributed by atoms with Gasteiger partial charge in [0, 0.05) is 6.42 Å². The quantitative estimate of drug-likeness (QED) is 0.478. The van der Waals surface area contributed by atoms with Crippen molar-refractivity contribution in [2.75, 3.05) is 6.54 Å². The van der Waals surface area contributed by atoms with E-state index in [4.69, 9.17) is 6.57 Å². The first-order valence-corrected chi connectivity index (χ1v) is 3.10. The highest BCUT2D eigenvalue weighted by Crippen LogP contribution is 2.47. The first kappa shape index (κ1) is 5.62. The highest BCUT2D eigenvalue weighted by atomic mass is 14.6. The molecule has 0 N–H and O–H groups in total. The second-order valence-corrected chi connectivity index (χ2v) is 2.94. The van der Waals surface area contributed by atoms with E-state index in [0.29, 0.717) is 5.41 Å². The van der Waals surface area contributed by atoms with Gasteiger partial charge in [0.05, 0.1) is 0 Å². The summed E-state index contributed by atoms with van der Waals surface area (Å²) < 4.78 is 0. The first-order chi connectivity index (χ1) is 3.77. The maximum Gasteiger partial charge on any atom is 0.215 e. The van der Waals surface area contributed by atoms with Crippen molar-refractivity contribution < 1.29 is 0 Å². The third-order valence-corrected chi connectivity index (χ3v) is 1.93. The van der Waals surface area contributed by atoms with Crippen LogP contribution in [0.15, 0.2) is 0 Å². The predicted octanol–water partition coefficient (Wildman–Crippen LogP) is 2.10. The van der Waals surface area contributed by atoms with Gasteiger partial charge in [-0.3, -0.25) is 0 Å². The molecule has 0 amide bonds. The molecule has 0 bridgehead atoms. The van der Waals surface area contributed by atoms with Crippen molar-refractivity contribution in [2.45, 2.75) is 26.2 Å². The van der Waals surface area contributed by atoms with E-state index in [-0.39, 0.29) is 0 Å². The lowest BCUT2D eigenvalue weighted by Gasteiger charge is -1.98. The monoisotopic (exact) mass is 109 g/mol. The van der Waals surface area contributed by atoms with E-state index in [1.54, 1.807) is 0 Å². The van der Waals surface area contributed by atoms with E-state index >= 15 is 0 Å². The van der Waals surface area contributed by atoms with Crippen molar-refractivity contribution >= 4 is 0 Å². The van der Waals surface area contributed by atoms with E-state index in [1.807, 2.05) is 0 Å². The fourth-order valence-electron chi connectivity index (χ4n) is 0.789. The highest BCUT2D eigenvalue weighted by molar-refractivity contribution is 4.89. The van der Waals surface area contributed by atoms with Crippen LogP contribution in [-0.4, -0.2) is 6.54 Å². The molecule has 0 radical (unpaired) electrons. The smallest absolute Gasteiger partial charge is 0.215 e. The maximum absolute atomic E-state index is 6.54. The molecule has 0 spiro atoms. The minimum Gasteiger partial charge on any atom is -0.317 e. The average molecular weight is 109 g/mol. The molecule has 1 fully saturated rings. The second-order valence-electron chi connectivity index (χ2n) is 2.94. The van der Waals surface area contributed by atoms with Gasteiger partial charge in [0.25, 0.3) is 0 Å². The van der Waals surface area contributed by atoms with Crippen LogP contribution < -0.4 is 0 Å². The number of rotatable bonds is 2. The van der Waals surface area contributed by atoms with Crippen LogP contribution >= 0.6 is 0 Å². The van der Waals surface area contributed by atoms with Gasteiger partial charge in [-0.2, -0.15) is 0 Å². The summed E-state index contributed by atoms with van der Waals surface area (Å²) in [5, 5.41) is 0. The maximum atomic E-state index is 6.54. The number of nitrogens with zero attached hydrogens (tertiary/aromatic N) is 1. The van der Waals surface area contributed by atoms with E-state index < -0.39 is 0 Å². The predicted molar refractivity (Wildman–Crippen MR) is 33.4 cm³/mol. The first-order valence-electron chi connectivity index (χ1n) is 3.10.